The van der Waals surface area contributed by atoms with E-state index in [1.54, 1.807) is 0 Å². The molecule has 0 bridgehead atoms. The van der Waals surface area contributed by atoms with Gasteiger partial charge >= 0.3 is 0 Å². The molecule has 4 N–H and O–H groups in total. The van der Waals surface area contributed by atoms with Gasteiger partial charge in [0.2, 0.25) is 0 Å². The number of amides is 1. The summed E-state index contributed by atoms with van der Waals surface area (Å²) in [6.07, 6.45) is 3.99. The van der Waals surface area contributed by atoms with Crippen LogP contribution >= 0.6 is 0 Å². The van der Waals surface area contributed by atoms with E-state index in [9.17, 15) is 14.7 Å². The second-order valence-corrected chi connectivity index (χ2v) is 4.05. The van der Waals surface area contributed by atoms with Crippen molar-refractivity contribution in [3.8, 4) is 5.75 Å². The number of anilines is 1. The monoisotopic (exact) mass is 250 g/mol. The van der Waals surface area contributed by atoms with E-state index in [1.165, 1.54) is 18.2 Å². The summed E-state index contributed by atoms with van der Waals surface area (Å²) in [5.74, 6) is -0.419. The smallest absolute Gasteiger partial charge is 0.255 e. The molecule has 0 saturated carbocycles. The molecular weight excluding hydrogens is 232 g/mol. The van der Waals surface area contributed by atoms with Crippen LogP contribution in [0.5, 0.6) is 5.75 Å². The maximum atomic E-state index is 11.7. The lowest BCUT2D eigenvalue weighted by molar-refractivity contribution is -0.107. The van der Waals surface area contributed by atoms with Gasteiger partial charge in [-0.2, -0.15) is 0 Å². The van der Waals surface area contributed by atoms with Crippen molar-refractivity contribution < 1.29 is 14.7 Å². The predicted octanol–water partition coefficient (Wildman–Crippen LogP) is 1.46. The molecule has 1 rings (SSSR count). The van der Waals surface area contributed by atoms with Crippen molar-refractivity contribution in [2.45, 2.75) is 25.7 Å². The molecule has 5 heteroatoms. The molecule has 0 unspecified atom stereocenters. The molecule has 0 aromatic heterocycles. The van der Waals surface area contributed by atoms with Crippen LogP contribution in [0.3, 0.4) is 0 Å². The molecule has 0 saturated heterocycles. The first kappa shape index (κ1) is 14.0. The molecular formula is C13H18N2O3. The Morgan fingerprint density at radius 1 is 1.33 bits per heavy atom. The van der Waals surface area contributed by atoms with E-state index in [0.29, 0.717) is 18.7 Å². The minimum Gasteiger partial charge on any atom is -0.507 e. The second kappa shape index (κ2) is 7.32. The maximum Gasteiger partial charge on any atom is 0.255 e. The largest absolute Gasteiger partial charge is 0.507 e. The molecule has 0 fully saturated rings. The molecule has 0 spiro atoms. The Hall–Kier alpha value is -2.04. The van der Waals surface area contributed by atoms with Gasteiger partial charge < -0.3 is 21.0 Å². The topological polar surface area (TPSA) is 92.4 Å². The van der Waals surface area contributed by atoms with E-state index < -0.39 is 0 Å². The van der Waals surface area contributed by atoms with Crippen LogP contribution in [-0.2, 0) is 4.79 Å². The Labute approximate surface area is 106 Å². The molecule has 98 valence electrons. The summed E-state index contributed by atoms with van der Waals surface area (Å²) in [4.78, 5) is 21.8. The highest BCUT2D eigenvalue weighted by Gasteiger charge is 2.10. The molecule has 0 aliphatic rings. The number of aldehydes is 1. The van der Waals surface area contributed by atoms with Gasteiger partial charge in [-0.25, -0.2) is 0 Å². The molecule has 1 aromatic carbocycles. The quantitative estimate of drug-likeness (QED) is 0.295. The van der Waals surface area contributed by atoms with Gasteiger partial charge in [-0.15, -0.1) is 0 Å². The van der Waals surface area contributed by atoms with E-state index in [1.807, 2.05) is 0 Å². The van der Waals surface area contributed by atoms with Gasteiger partial charge in [0, 0.05) is 18.7 Å². The first-order chi connectivity index (χ1) is 8.65. The fourth-order valence-electron chi connectivity index (χ4n) is 1.56. The van der Waals surface area contributed by atoms with Crippen LogP contribution < -0.4 is 11.1 Å². The van der Waals surface area contributed by atoms with Gasteiger partial charge in [0.05, 0.1) is 5.56 Å². The van der Waals surface area contributed by atoms with Crippen LogP contribution in [0.4, 0.5) is 5.69 Å². The van der Waals surface area contributed by atoms with Crippen molar-refractivity contribution in [2.24, 2.45) is 0 Å². The van der Waals surface area contributed by atoms with Gasteiger partial charge in [0.25, 0.3) is 5.91 Å². The van der Waals surface area contributed by atoms with Crippen LogP contribution in [0.1, 0.15) is 36.0 Å². The van der Waals surface area contributed by atoms with Crippen molar-refractivity contribution in [3.63, 3.8) is 0 Å². The number of rotatable bonds is 7. The number of hydrogen-bond acceptors (Lipinski definition) is 4. The highest BCUT2D eigenvalue weighted by atomic mass is 16.3. The standard InChI is InChI=1S/C13H18N2O3/c14-10-5-6-12(17)11(9-10)13(18)15-7-3-1-2-4-8-16/h5-6,8-9,17H,1-4,7,14H2,(H,15,18). The normalized spacial score (nSPS) is 10.0. The Morgan fingerprint density at radius 3 is 2.83 bits per heavy atom. The van der Waals surface area contributed by atoms with Crippen LogP contribution in [0.2, 0.25) is 0 Å². The summed E-state index contributed by atoms with van der Waals surface area (Å²) in [5, 5.41) is 12.2. The zero-order valence-electron chi connectivity index (χ0n) is 10.2. The second-order valence-electron chi connectivity index (χ2n) is 4.05. The average molecular weight is 250 g/mol. The fourth-order valence-corrected chi connectivity index (χ4v) is 1.56. The SMILES string of the molecule is Nc1ccc(O)c(C(=O)NCCCCCC=O)c1. The van der Waals surface area contributed by atoms with Crippen molar-refractivity contribution in [2.75, 3.05) is 12.3 Å². The minimum absolute atomic E-state index is 0.0809. The predicted molar refractivity (Wildman–Crippen MR) is 69.4 cm³/mol. The third kappa shape index (κ3) is 4.45. The summed E-state index contributed by atoms with van der Waals surface area (Å²) in [5.41, 5.74) is 6.17. The summed E-state index contributed by atoms with van der Waals surface area (Å²) >= 11 is 0. The lowest BCUT2D eigenvalue weighted by Gasteiger charge is -2.07. The van der Waals surface area contributed by atoms with E-state index in [2.05, 4.69) is 5.32 Å². The minimum atomic E-state index is -0.338. The lowest BCUT2D eigenvalue weighted by Crippen LogP contribution is -2.24. The van der Waals surface area contributed by atoms with Gasteiger partial charge in [0.1, 0.15) is 12.0 Å². The zero-order valence-corrected chi connectivity index (χ0v) is 10.2. The molecule has 0 radical (unpaired) electrons. The van der Waals surface area contributed by atoms with E-state index in [0.717, 1.165) is 25.5 Å². The third-order valence-corrected chi connectivity index (χ3v) is 2.55. The maximum absolute atomic E-state index is 11.7. The van der Waals surface area contributed by atoms with E-state index >= 15 is 0 Å². The summed E-state index contributed by atoms with van der Waals surface area (Å²) in [6, 6.07) is 4.37. The van der Waals surface area contributed by atoms with Crippen molar-refractivity contribution in [3.05, 3.63) is 23.8 Å². The van der Waals surface area contributed by atoms with Gasteiger partial charge in [-0.05, 0) is 31.0 Å². The number of hydrogen-bond donors (Lipinski definition) is 3. The number of nitrogens with one attached hydrogen (secondary N) is 1. The summed E-state index contributed by atoms with van der Waals surface area (Å²) in [7, 11) is 0. The number of carbonyl (C=O) groups is 2. The number of phenolic OH excluding ortho intramolecular Hbond substituents is 1. The van der Waals surface area contributed by atoms with E-state index in [4.69, 9.17) is 5.73 Å². The third-order valence-electron chi connectivity index (χ3n) is 2.55. The summed E-state index contributed by atoms with van der Waals surface area (Å²) in [6.45, 7) is 0.520. The van der Waals surface area contributed by atoms with E-state index in [-0.39, 0.29) is 17.2 Å². The van der Waals surface area contributed by atoms with Crippen molar-refractivity contribution in [1.29, 1.82) is 0 Å². The molecule has 1 aromatic rings. The number of benzene rings is 1. The molecule has 0 heterocycles. The van der Waals surface area contributed by atoms with Crippen LogP contribution in [-0.4, -0.2) is 23.8 Å². The average Bonchev–Trinajstić information content (AvgIpc) is 2.36. The number of unbranched alkanes of at least 4 members (excludes halogenated alkanes) is 3. The Balaban J connectivity index is 2.36. The summed E-state index contributed by atoms with van der Waals surface area (Å²) < 4.78 is 0. The van der Waals surface area contributed by atoms with Crippen LogP contribution in [0.25, 0.3) is 0 Å². The number of aromatic hydroxyl groups is 1. The number of carbonyl (C=O) groups excluding carboxylic acids is 2. The fraction of sp³-hybridized carbons (Fsp3) is 0.385. The first-order valence-corrected chi connectivity index (χ1v) is 5.95. The zero-order chi connectivity index (χ0) is 13.4. The van der Waals surface area contributed by atoms with Gasteiger partial charge in [-0.1, -0.05) is 6.42 Å². The first-order valence-electron chi connectivity index (χ1n) is 5.95. The van der Waals surface area contributed by atoms with Gasteiger partial charge in [-0.3, -0.25) is 4.79 Å². The Bertz CT molecular complexity index is 419. The molecule has 1 amide bonds. The van der Waals surface area contributed by atoms with Crippen molar-refractivity contribution >= 4 is 17.9 Å². The molecule has 0 aliphatic heterocycles. The molecule has 0 aliphatic carbocycles. The van der Waals surface area contributed by atoms with Crippen LogP contribution in [0, 0.1) is 0 Å². The molecule has 0 atom stereocenters. The Kier molecular flexibility index (Phi) is 5.70. The van der Waals surface area contributed by atoms with Gasteiger partial charge in [0.15, 0.2) is 0 Å². The number of phenols is 1. The molecule has 5 nitrogen and oxygen atoms in total. The van der Waals surface area contributed by atoms with Crippen molar-refractivity contribution in [1.82, 2.24) is 5.32 Å². The highest BCUT2D eigenvalue weighted by molar-refractivity contribution is 5.97. The number of nitrogens with two attached hydrogens (primary N) is 1. The lowest BCUT2D eigenvalue weighted by atomic mass is 10.1. The molecule has 18 heavy (non-hydrogen) atoms. The Morgan fingerprint density at radius 2 is 2.11 bits per heavy atom. The number of nitrogen functional groups attached to an aromatic ring is 1. The van der Waals surface area contributed by atoms with Crippen LogP contribution in [0.15, 0.2) is 18.2 Å². The highest BCUT2D eigenvalue weighted by Crippen LogP contribution is 2.19.